The van der Waals surface area contributed by atoms with E-state index in [1.54, 1.807) is 13.3 Å². The number of hydrogen-bond acceptors (Lipinski definition) is 3. The lowest BCUT2D eigenvalue weighted by Crippen LogP contribution is -2.19. The van der Waals surface area contributed by atoms with Crippen molar-refractivity contribution in [3.8, 4) is 5.75 Å². The molecule has 0 fully saturated rings. The van der Waals surface area contributed by atoms with E-state index in [1.807, 2.05) is 55.5 Å². The van der Waals surface area contributed by atoms with Crippen molar-refractivity contribution in [3.05, 3.63) is 66.4 Å². The summed E-state index contributed by atoms with van der Waals surface area (Å²) in [5.41, 5.74) is 2.54. The first-order valence-corrected chi connectivity index (χ1v) is 8.46. The summed E-state index contributed by atoms with van der Waals surface area (Å²) in [5, 5.41) is 13.1. The Balaban J connectivity index is 1.60. The van der Waals surface area contributed by atoms with Crippen LogP contribution in [0.4, 0.5) is 5.69 Å². The van der Waals surface area contributed by atoms with Gasteiger partial charge in [0, 0.05) is 5.39 Å². The predicted octanol–water partition coefficient (Wildman–Crippen LogP) is 4.47. The van der Waals surface area contributed by atoms with Crippen molar-refractivity contribution in [2.75, 3.05) is 12.4 Å². The summed E-state index contributed by atoms with van der Waals surface area (Å²) in [7, 11) is 1.65. The normalized spacial score (nSPS) is 12.2. The van der Waals surface area contributed by atoms with Gasteiger partial charge in [0.15, 0.2) is 0 Å². The van der Waals surface area contributed by atoms with E-state index in [1.165, 1.54) is 0 Å². The lowest BCUT2D eigenvalue weighted by molar-refractivity contribution is -0.117. The molecule has 3 aromatic carbocycles. The first-order valence-electron chi connectivity index (χ1n) is 8.46. The number of carbonyl (C=O) groups is 1. The number of amides is 1. The molecule has 0 radical (unpaired) electrons. The van der Waals surface area contributed by atoms with E-state index in [4.69, 9.17) is 4.74 Å². The SMILES string of the molecule is COc1ccc2cc([C@H](C)C(=O)Nc3cccc4cn[nH]c34)ccc2c1. The standard InChI is InChI=1S/C21H19N3O2/c1-13(14-6-7-16-11-18(26-2)9-8-15(16)10-14)21(25)23-19-5-3-4-17-12-22-24-20(17)19/h3-13H,1-2H3,(H,22,24)(H,23,25)/t13-/m0/s1. The molecule has 0 saturated carbocycles. The van der Waals surface area contributed by atoms with E-state index in [9.17, 15) is 4.79 Å². The lowest BCUT2D eigenvalue weighted by atomic mass is 9.97. The average Bonchev–Trinajstić information content (AvgIpc) is 3.16. The Morgan fingerprint density at radius 3 is 2.73 bits per heavy atom. The molecule has 0 aliphatic carbocycles. The molecule has 5 heteroatoms. The smallest absolute Gasteiger partial charge is 0.231 e. The Morgan fingerprint density at radius 2 is 1.88 bits per heavy atom. The second kappa shape index (κ2) is 6.52. The summed E-state index contributed by atoms with van der Waals surface area (Å²) in [6.07, 6.45) is 1.74. The van der Waals surface area contributed by atoms with Crippen molar-refractivity contribution in [1.82, 2.24) is 10.2 Å². The van der Waals surface area contributed by atoms with Gasteiger partial charge < -0.3 is 10.1 Å². The number of rotatable bonds is 4. The van der Waals surface area contributed by atoms with Gasteiger partial charge in [0.25, 0.3) is 0 Å². The minimum atomic E-state index is -0.278. The first kappa shape index (κ1) is 16.1. The summed E-state index contributed by atoms with van der Waals surface area (Å²) in [6, 6.07) is 17.7. The lowest BCUT2D eigenvalue weighted by Gasteiger charge is -2.14. The van der Waals surface area contributed by atoms with Gasteiger partial charge in [0.1, 0.15) is 5.75 Å². The van der Waals surface area contributed by atoms with Crippen LogP contribution < -0.4 is 10.1 Å². The maximum atomic E-state index is 12.7. The summed E-state index contributed by atoms with van der Waals surface area (Å²) in [5.74, 6) is 0.489. The number of carbonyl (C=O) groups excluding carboxylic acids is 1. The third-order valence-electron chi connectivity index (χ3n) is 4.70. The maximum Gasteiger partial charge on any atom is 0.231 e. The second-order valence-electron chi connectivity index (χ2n) is 6.32. The number of aromatic nitrogens is 2. The van der Waals surface area contributed by atoms with Crippen LogP contribution in [0.25, 0.3) is 21.7 Å². The molecule has 4 aromatic rings. The van der Waals surface area contributed by atoms with Crippen LogP contribution in [0.1, 0.15) is 18.4 Å². The van der Waals surface area contributed by atoms with Crippen molar-refractivity contribution < 1.29 is 9.53 Å². The number of para-hydroxylation sites is 1. The van der Waals surface area contributed by atoms with Crippen LogP contribution in [0.5, 0.6) is 5.75 Å². The van der Waals surface area contributed by atoms with Gasteiger partial charge in [0.2, 0.25) is 5.91 Å². The van der Waals surface area contributed by atoms with Crippen LogP contribution in [-0.2, 0) is 4.79 Å². The molecule has 130 valence electrons. The maximum absolute atomic E-state index is 12.7. The minimum Gasteiger partial charge on any atom is -0.497 e. The van der Waals surface area contributed by atoms with Crippen LogP contribution in [0.15, 0.2) is 60.8 Å². The zero-order valence-corrected chi connectivity index (χ0v) is 14.6. The summed E-state index contributed by atoms with van der Waals surface area (Å²) in [6.45, 7) is 1.91. The van der Waals surface area contributed by atoms with Crippen molar-refractivity contribution >= 4 is 33.3 Å². The van der Waals surface area contributed by atoms with Crippen molar-refractivity contribution in [2.45, 2.75) is 12.8 Å². The number of benzene rings is 3. The zero-order valence-electron chi connectivity index (χ0n) is 14.6. The predicted molar refractivity (Wildman–Crippen MR) is 104 cm³/mol. The van der Waals surface area contributed by atoms with Gasteiger partial charge in [-0.1, -0.05) is 36.4 Å². The number of nitrogens with one attached hydrogen (secondary N) is 2. The fourth-order valence-corrected chi connectivity index (χ4v) is 3.10. The van der Waals surface area contributed by atoms with Crippen LogP contribution in [0.2, 0.25) is 0 Å². The Labute approximate surface area is 151 Å². The van der Waals surface area contributed by atoms with Gasteiger partial charge in [-0.25, -0.2) is 0 Å². The number of fused-ring (bicyclic) bond motifs is 2. The van der Waals surface area contributed by atoms with Crippen molar-refractivity contribution in [1.29, 1.82) is 0 Å². The highest BCUT2D eigenvalue weighted by atomic mass is 16.5. The number of ether oxygens (including phenoxy) is 1. The van der Waals surface area contributed by atoms with E-state index in [2.05, 4.69) is 21.6 Å². The molecule has 0 saturated heterocycles. The van der Waals surface area contributed by atoms with Crippen molar-refractivity contribution in [2.24, 2.45) is 0 Å². The average molecular weight is 345 g/mol. The molecule has 0 unspecified atom stereocenters. The van der Waals surface area contributed by atoms with E-state index in [-0.39, 0.29) is 11.8 Å². The summed E-state index contributed by atoms with van der Waals surface area (Å²) < 4.78 is 5.26. The Morgan fingerprint density at radius 1 is 1.08 bits per heavy atom. The molecule has 1 heterocycles. The topological polar surface area (TPSA) is 67.0 Å². The van der Waals surface area contributed by atoms with Crippen LogP contribution in [-0.4, -0.2) is 23.2 Å². The molecule has 0 aliphatic heterocycles. The molecule has 1 atom stereocenters. The molecule has 4 rings (SSSR count). The van der Waals surface area contributed by atoms with E-state index in [0.717, 1.165) is 38.7 Å². The van der Waals surface area contributed by atoms with Crippen LogP contribution >= 0.6 is 0 Å². The fraction of sp³-hybridized carbons (Fsp3) is 0.143. The molecule has 1 amide bonds. The summed E-state index contributed by atoms with van der Waals surface area (Å²) in [4.78, 5) is 12.7. The molecule has 2 N–H and O–H groups in total. The number of anilines is 1. The highest BCUT2D eigenvalue weighted by Crippen LogP contribution is 2.27. The van der Waals surface area contributed by atoms with Crippen LogP contribution in [0, 0.1) is 0 Å². The van der Waals surface area contributed by atoms with E-state index < -0.39 is 0 Å². The number of hydrogen-bond donors (Lipinski definition) is 2. The summed E-state index contributed by atoms with van der Waals surface area (Å²) >= 11 is 0. The highest BCUT2D eigenvalue weighted by Gasteiger charge is 2.17. The monoisotopic (exact) mass is 345 g/mol. The van der Waals surface area contributed by atoms with Crippen LogP contribution in [0.3, 0.4) is 0 Å². The van der Waals surface area contributed by atoms with Gasteiger partial charge in [-0.15, -0.1) is 0 Å². The zero-order chi connectivity index (χ0) is 18.1. The number of methoxy groups -OCH3 is 1. The van der Waals surface area contributed by atoms with Gasteiger partial charge in [-0.05, 0) is 41.5 Å². The third kappa shape index (κ3) is 2.88. The molecule has 5 nitrogen and oxygen atoms in total. The van der Waals surface area contributed by atoms with Gasteiger partial charge in [-0.2, -0.15) is 5.10 Å². The van der Waals surface area contributed by atoms with Crippen molar-refractivity contribution in [3.63, 3.8) is 0 Å². The Kier molecular flexibility index (Phi) is 4.05. The fourth-order valence-electron chi connectivity index (χ4n) is 3.10. The van der Waals surface area contributed by atoms with Gasteiger partial charge in [0.05, 0.1) is 30.4 Å². The molecule has 0 bridgehead atoms. The molecular weight excluding hydrogens is 326 g/mol. The number of nitrogens with zero attached hydrogens (tertiary/aromatic N) is 1. The molecular formula is C21H19N3O2. The molecule has 0 spiro atoms. The second-order valence-corrected chi connectivity index (χ2v) is 6.32. The van der Waals surface area contributed by atoms with E-state index >= 15 is 0 Å². The number of aromatic amines is 1. The van der Waals surface area contributed by atoms with E-state index in [0.29, 0.717) is 0 Å². The third-order valence-corrected chi connectivity index (χ3v) is 4.70. The molecule has 26 heavy (non-hydrogen) atoms. The van der Waals surface area contributed by atoms with Gasteiger partial charge in [-0.3, -0.25) is 9.89 Å². The Hall–Kier alpha value is -3.34. The molecule has 0 aliphatic rings. The highest BCUT2D eigenvalue weighted by molar-refractivity contribution is 6.02. The van der Waals surface area contributed by atoms with Gasteiger partial charge >= 0.3 is 0 Å². The quantitative estimate of drug-likeness (QED) is 0.573. The largest absolute Gasteiger partial charge is 0.497 e. The Bertz CT molecular complexity index is 1100. The molecule has 1 aromatic heterocycles. The first-order chi connectivity index (χ1) is 12.7. The number of H-pyrrole nitrogens is 1. The minimum absolute atomic E-state index is 0.0556.